The van der Waals surface area contributed by atoms with Crippen LogP contribution >= 0.6 is 12.2 Å². The van der Waals surface area contributed by atoms with Gasteiger partial charge in [-0.3, -0.25) is 4.98 Å². The maximum Gasteiger partial charge on any atom is 0.174 e. The van der Waals surface area contributed by atoms with Crippen LogP contribution in [0.15, 0.2) is 77.5 Å². The van der Waals surface area contributed by atoms with Crippen LogP contribution in [0.3, 0.4) is 0 Å². The van der Waals surface area contributed by atoms with Crippen LogP contribution in [-0.4, -0.2) is 28.8 Å². The summed E-state index contributed by atoms with van der Waals surface area (Å²) in [6.45, 7) is 5.02. The molecule has 0 saturated carbocycles. The average Bonchev–Trinajstić information content (AvgIpc) is 3.54. The van der Waals surface area contributed by atoms with Crippen LogP contribution in [0.25, 0.3) is 0 Å². The van der Waals surface area contributed by atoms with Gasteiger partial charge in [0.2, 0.25) is 0 Å². The Bertz CT molecular complexity index is 1280. The van der Waals surface area contributed by atoms with Gasteiger partial charge >= 0.3 is 0 Å². The normalized spacial score (nSPS) is 17.8. The van der Waals surface area contributed by atoms with E-state index in [9.17, 15) is 0 Å². The van der Waals surface area contributed by atoms with Crippen molar-refractivity contribution in [2.24, 2.45) is 0 Å². The number of aromatic nitrogens is 2. The van der Waals surface area contributed by atoms with Gasteiger partial charge in [0.1, 0.15) is 5.76 Å². The lowest BCUT2D eigenvalue weighted by Crippen LogP contribution is -2.29. The number of thiocarbonyl (C=S) groups is 1. The number of anilines is 2. The van der Waals surface area contributed by atoms with Gasteiger partial charge in [-0.1, -0.05) is 6.07 Å². The van der Waals surface area contributed by atoms with Crippen LogP contribution in [0.1, 0.15) is 40.5 Å². The molecule has 1 N–H and O–H groups in total. The first-order valence-electron chi connectivity index (χ1n) is 11.4. The summed E-state index contributed by atoms with van der Waals surface area (Å²) in [7, 11) is 4.09. The summed E-state index contributed by atoms with van der Waals surface area (Å²) >= 11 is 5.89. The highest BCUT2D eigenvalue weighted by molar-refractivity contribution is 7.80. The molecule has 0 amide bonds. The fourth-order valence-corrected chi connectivity index (χ4v) is 5.14. The summed E-state index contributed by atoms with van der Waals surface area (Å²) in [5, 5.41) is 4.27. The van der Waals surface area contributed by atoms with Crippen LogP contribution < -0.4 is 15.1 Å². The Morgan fingerprint density at radius 1 is 1.06 bits per heavy atom. The minimum atomic E-state index is -0.0696. The standard InChI is InChI=1S/C27H29N5OS/c1-18-16-23(19(2)31(18)17-22-8-7-15-33-22)26-25(24-9-5-6-14-28-24)29-27(34)32(26)21-12-10-20(11-13-21)30(3)4/h5-16,25-26H,17H2,1-4H3,(H,29,34). The second-order valence-electron chi connectivity index (χ2n) is 8.90. The zero-order valence-corrected chi connectivity index (χ0v) is 20.7. The highest BCUT2D eigenvalue weighted by Crippen LogP contribution is 2.43. The molecule has 4 aromatic rings. The smallest absolute Gasteiger partial charge is 0.174 e. The van der Waals surface area contributed by atoms with Gasteiger partial charge in [0.15, 0.2) is 5.11 Å². The number of nitrogens with zero attached hydrogens (tertiary/aromatic N) is 4. The molecule has 1 aliphatic heterocycles. The molecule has 1 saturated heterocycles. The average molecular weight is 472 g/mol. The van der Waals surface area contributed by atoms with E-state index in [1.807, 2.05) is 44.6 Å². The lowest BCUT2D eigenvalue weighted by molar-refractivity contribution is 0.488. The number of hydrogen-bond donors (Lipinski definition) is 1. The first-order chi connectivity index (χ1) is 16.4. The third-order valence-corrected chi connectivity index (χ3v) is 6.88. The van der Waals surface area contributed by atoms with Crippen molar-refractivity contribution in [1.29, 1.82) is 0 Å². The Balaban J connectivity index is 1.61. The fraction of sp³-hybridized carbons (Fsp3) is 0.259. The van der Waals surface area contributed by atoms with E-state index in [-0.39, 0.29) is 12.1 Å². The van der Waals surface area contributed by atoms with E-state index in [4.69, 9.17) is 16.6 Å². The molecule has 2 unspecified atom stereocenters. The summed E-state index contributed by atoms with van der Waals surface area (Å²) in [5.41, 5.74) is 6.78. The number of pyridine rings is 1. The number of aryl methyl sites for hydroxylation is 1. The quantitative estimate of drug-likeness (QED) is 0.381. The maximum atomic E-state index is 5.89. The van der Waals surface area contributed by atoms with E-state index in [0.717, 1.165) is 22.8 Å². The molecule has 0 radical (unpaired) electrons. The van der Waals surface area contributed by atoms with Crippen molar-refractivity contribution in [2.75, 3.05) is 23.9 Å². The lowest BCUT2D eigenvalue weighted by Gasteiger charge is -2.28. The highest BCUT2D eigenvalue weighted by atomic mass is 32.1. The third kappa shape index (κ3) is 3.96. The van der Waals surface area contributed by atoms with Gasteiger partial charge in [0.25, 0.3) is 0 Å². The maximum absolute atomic E-state index is 5.89. The molecule has 0 spiro atoms. The number of benzene rings is 1. The summed E-state index contributed by atoms with van der Waals surface area (Å²) in [4.78, 5) is 9.01. The van der Waals surface area contributed by atoms with E-state index in [1.165, 1.54) is 17.0 Å². The van der Waals surface area contributed by atoms with Crippen molar-refractivity contribution in [2.45, 2.75) is 32.5 Å². The second kappa shape index (κ2) is 8.99. The highest BCUT2D eigenvalue weighted by Gasteiger charge is 2.42. The largest absolute Gasteiger partial charge is 0.467 e. The molecule has 3 aromatic heterocycles. The minimum Gasteiger partial charge on any atom is -0.467 e. The molecule has 6 nitrogen and oxygen atoms in total. The SMILES string of the molecule is Cc1cc(C2C(c3ccccn3)NC(=S)N2c2ccc(N(C)C)cc2)c(C)n1Cc1ccco1. The summed E-state index contributed by atoms with van der Waals surface area (Å²) in [6.07, 6.45) is 3.56. The number of rotatable bonds is 6. The molecule has 5 rings (SSSR count). The Kier molecular flexibility index (Phi) is 5.87. The van der Waals surface area contributed by atoms with Gasteiger partial charge < -0.3 is 24.1 Å². The van der Waals surface area contributed by atoms with Crippen molar-refractivity contribution in [3.05, 3.63) is 102 Å². The molecule has 0 bridgehead atoms. The van der Waals surface area contributed by atoms with Gasteiger partial charge in [-0.15, -0.1) is 0 Å². The van der Waals surface area contributed by atoms with E-state index < -0.39 is 0 Å². The minimum absolute atomic E-state index is 0.0378. The molecule has 1 aromatic carbocycles. The zero-order chi connectivity index (χ0) is 23.8. The van der Waals surface area contributed by atoms with Crippen molar-refractivity contribution in [3.63, 3.8) is 0 Å². The van der Waals surface area contributed by atoms with Gasteiger partial charge in [0.05, 0.1) is 30.6 Å². The molecular weight excluding hydrogens is 442 g/mol. The van der Waals surface area contributed by atoms with Gasteiger partial charge in [-0.25, -0.2) is 0 Å². The predicted octanol–water partition coefficient (Wildman–Crippen LogP) is 5.38. The first kappa shape index (κ1) is 22.2. The summed E-state index contributed by atoms with van der Waals surface area (Å²) < 4.78 is 7.94. The molecule has 34 heavy (non-hydrogen) atoms. The number of hydrogen-bond acceptors (Lipinski definition) is 4. The van der Waals surface area contributed by atoms with Crippen LogP contribution in [0.5, 0.6) is 0 Å². The summed E-state index contributed by atoms with van der Waals surface area (Å²) in [6, 6.07) is 20.7. The lowest BCUT2D eigenvalue weighted by atomic mass is 9.96. The Morgan fingerprint density at radius 2 is 1.85 bits per heavy atom. The molecule has 4 heterocycles. The molecule has 7 heteroatoms. The monoisotopic (exact) mass is 471 g/mol. The Hall–Kier alpha value is -3.58. The van der Waals surface area contributed by atoms with Gasteiger partial charge in [0, 0.05) is 43.1 Å². The van der Waals surface area contributed by atoms with Crippen LogP contribution in [0.4, 0.5) is 11.4 Å². The topological polar surface area (TPSA) is 49.5 Å². The number of furan rings is 1. The Labute approximate surface area is 205 Å². The Morgan fingerprint density at radius 3 is 2.50 bits per heavy atom. The predicted molar refractivity (Wildman–Crippen MR) is 140 cm³/mol. The molecular formula is C27H29N5OS. The zero-order valence-electron chi connectivity index (χ0n) is 19.9. The molecule has 2 atom stereocenters. The van der Waals surface area contributed by atoms with Crippen molar-refractivity contribution >= 4 is 28.7 Å². The fourth-order valence-electron chi connectivity index (χ4n) is 4.79. The number of nitrogens with one attached hydrogen (secondary N) is 1. The van der Waals surface area contributed by atoms with E-state index >= 15 is 0 Å². The van der Waals surface area contributed by atoms with E-state index in [0.29, 0.717) is 11.7 Å². The van der Waals surface area contributed by atoms with Crippen LogP contribution in [-0.2, 0) is 6.54 Å². The van der Waals surface area contributed by atoms with Crippen LogP contribution in [0.2, 0.25) is 0 Å². The molecule has 1 fully saturated rings. The molecule has 174 valence electrons. The van der Waals surface area contributed by atoms with E-state index in [2.05, 4.69) is 74.9 Å². The van der Waals surface area contributed by atoms with Gasteiger partial charge in [-0.2, -0.15) is 0 Å². The van der Waals surface area contributed by atoms with Crippen molar-refractivity contribution in [3.8, 4) is 0 Å². The summed E-state index contributed by atoms with van der Waals surface area (Å²) in [5.74, 6) is 0.936. The van der Waals surface area contributed by atoms with Crippen molar-refractivity contribution < 1.29 is 4.42 Å². The first-order valence-corrected chi connectivity index (χ1v) is 11.8. The molecule has 0 aliphatic carbocycles. The van der Waals surface area contributed by atoms with Crippen molar-refractivity contribution in [1.82, 2.24) is 14.9 Å². The van der Waals surface area contributed by atoms with Crippen LogP contribution in [0, 0.1) is 13.8 Å². The molecule has 1 aliphatic rings. The second-order valence-corrected chi connectivity index (χ2v) is 9.29. The van der Waals surface area contributed by atoms with Gasteiger partial charge in [-0.05, 0) is 86.2 Å². The third-order valence-electron chi connectivity index (χ3n) is 6.57. The van der Waals surface area contributed by atoms with E-state index in [1.54, 1.807) is 6.26 Å².